The highest BCUT2D eigenvalue weighted by Gasteiger charge is 2.57. The van der Waals surface area contributed by atoms with Crippen LogP contribution >= 0.6 is 0 Å². The lowest BCUT2D eigenvalue weighted by molar-refractivity contribution is -0.343. The van der Waals surface area contributed by atoms with E-state index in [1.807, 2.05) is 18.2 Å². The van der Waals surface area contributed by atoms with Crippen LogP contribution in [0.3, 0.4) is 0 Å². The van der Waals surface area contributed by atoms with Crippen LogP contribution in [0.2, 0.25) is 0 Å². The third-order valence-electron chi connectivity index (χ3n) is 3.55. The highest BCUT2D eigenvalue weighted by molar-refractivity contribution is 6.02. The second kappa shape index (κ2) is 4.16. The van der Waals surface area contributed by atoms with Gasteiger partial charge in [0.15, 0.2) is 11.9 Å². The van der Waals surface area contributed by atoms with Crippen molar-refractivity contribution in [2.24, 2.45) is 0 Å². The van der Waals surface area contributed by atoms with Gasteiger partial charge in [-0.15, -0.1) is 0 Å². The van der Waals surface area contributed by atoms with Gasteiger partial charge in [-0.3, -0.25) is 4.79 Å². The van der Waals surface area contributed by atoms with Crippen LogP contribution in [0.15, 0.2) is 24.3 Å². The first kappa shape index (κ1) is 11.8. The molecule has 2 bridgehead atoms. The lowest BCUT2D eigenvalue weighted by Crippen LogP contribution is -2.39. The molecule has 4 nitrogen and oxygen atoms in total. The molecule has 18 heavy (non-hydrogen) atoms. The molecule has 0 aliphatic carbocycles. The van der Waals surface area contributed by atoms with E-state index < -0.39 is 12.1 Å². The van der Waals surface area contributed by atoms with E-state index in [9.17, 15) is 4.79 Å². The Bertz CT molecular complexity index is 484. The number of methoxy groups -OCH3 is 1. The predicted molar refractivity (Wildman–Crippen MR) is 64.1 cm³/mol. The number of ketones is 1. The molecule has 0 radical (unpaired) electrons. The van der Waals surface area contributed by atoms with Gasteiger partial charge in [-0.25, -0.2) is 0 Å². The Morgan fingerprint density at radius 1 is 1.33 bits per heavy atom. The van der Waals surface area contributed by atoms with Crippen LogP contribution in [0.5, 0.6) is 0 Å². The summed E-state index contributed by atoms with van der Waals surface area (Å²) in [5, 5.41) is 0. The SMILES string of the molecule is CCC[C@H]1O[C@]2(OC)O[C@H]1C(=O)c1ccccc12. The molecule has 0 aromatic heterocycles. The Morgan fingerprint density at radius 2 is 2.11 bits per heavy atom. The van der Waals surface area contributed by atoms with Crippen LogP contribution in [0.4, 0.5) is 0 Å². The van der Waals surface area contributed by atoms with Crippen LogP contribution in [0, 0.1) is 0 Å². The summed E-state index contributed by atoms with van der Waals surface area (Å²) in [4.78, 5) is 12.4. The Morgan fingerprint density at radius 3 is 2.83 bits per heavy atom. The van der Waals surface area contributed by atoms with Gasteiger partial charge in [0.25, 0.3) is 0 Å². The van der Waals surface area contributed by atoms with Crippen molar-refractivity contribution >= 4 is 5.78 Å². The maximum atomic E-state index is 12.4. The fraction of sp³-hybridized carbons (Fsp3) is 0.500. The molecule has 0 saturated carbocycles. The Kier molecular flexibility index (Phi) is 2.73. The number of benzene rings is 1. The first-order chi connectivity index (χ1) is 8.72. The predicted octanol–water partition coefficient (Wildman–Crippen LogP) is 2.22. The zero-order chi connectivity index (χ0) is 12.8. The van der Waals surface area contributed by atoms with Gasteiger partial charge in [0.2, 0.25) is 0 Å². The topological polar surface area (TPSA) is 44.8 Å². The van der Waals surface area contributed by atoms with Gasteiger partial charge >= 0.3 is 5.97 Å². The van der Waals surface area contributed by atoms with E-state index in [0.29, 0.717) is 11.1 Å². The number of carbonyl (C=O) groups is 1. The standard InChI is InChI=1S/C14H16O4/c1-3-6-11-13-12(15)9-7-4-5-8-10(9)14(16-2,17-11)18-13/h4-5,7-8,11,13H,3,6H2,1-2H3/t11-,13-,14+/m1/s1. The average Bonchev–Trinajstić information content (AvgIpc) is 2.75. The largest absolute Gasteiger partial charge is 0.327 e. The molecule has 2 heterocycles. The average molecular weight is 248 g/mol. The summed E-state index contributed by atoms with van der Waals surface area (Å²) in [6, 6.07) is 7.33. The van der Waals surface area contributed by atoms with E-state index in [2.05, 4.69) is 6.92 Å². The molecule has 1 aromatic carbocycles. The van der Waals surface area contributed by atoms with Gasteiger partial charge in [-0.05, 0) is 6.42 Å². The normalized spacial score (nSPS) is 33.6. The summed E-state index contributed by atoms with van der Waals surface area (Å²) in [7, 11) is 1.54. The molecular weight excluding hydrogens is 232 g/mol. The highest BCUT2D eigenvalue weighted by Crippen LogP contribution is 2.46. The Labute approximate surface area is 106 Å². The number of Topliss-reactive ketones (excluding diaryl/α,β-unsaturated/α-hetero) is 1. The zero-order valence-corrected chi connectivity index (χ0v) is 10.5. The minimum atomic E-state index is -1.20. The van der Waals surface area contributed by atoms with Crippen molar-refractivity contribution in [3.8, 4) is 0 Å². The van der Waals surface area contributed by atoms with E-state index in [-0.39, 0.29) is 11.9 Å². The van der Waals surface area contributed by atoms with Gasteiger partial charge in [0.05, 0.1) is 11.7 Å². The Hall–Kier alpha value is -1.23. The molecule has 1 saturated heterocycles. The van der Waals surface area contributed by atoms with Crippen molar-refractivity contribution in [3.63, 3.8) is 0 Å². The minimum Gasteiger partial charge on any atom is -0.327 e. The lowest BCUT2D eigenvalue weighted by Gasteiger charge is -2.30. The van der Waals surface area contributed by atoms with Crippen molar-refractivity contribution < 1.29 is 19.0 Å². The molecule has 96 valence electrons. The van der Waals surface area contributed by atoms with Gasteiger partial charge in [-0.2, -0.15) is 0 Å². The molecule has 0 spiro atoms. The summed E-state index contributed by atoms with van der Waals surface area (Å²) in [6.45, 7) is 2.06. The van der Waals surface area contributed by atoms with Gasteiger partial charge < -0.3 is 14.2 Å². The number of rotatable bonds is 3. The van der Waals surface area contributed by atoms with Gasteiger partial charge in [0, 0.05) is 12.7 Å². The molecular formula is C14H16O4. The van der Waals surface area contributed by atoms with Crippen LogP contribution in [0.1, 0.15) is 35.7 Å². The highest BCUT2D eigenvalue weighted by atomic mass is 16.9. The summed E-state index contributed by atoms with van der Waals surface area (Å²) in [5.74, 6) is -1.20. The monoisotopic (exact) mass is 248 g/mol. The van der Waals surface area contributed by atoms with E-state index in [4.69, 9.17) is 14.2 Å². The molecule has 1 fully saturated rings. The smallest absolute Gasteiger partial charge is 0.313 e. The molecule has 4 heteroatoms. The number of fused-ring (bicyclic) bond motifs is 4. The van der Waals surface area contributed by atoms with Crippen molar-refractivity contribution in [3.05, 3.63) is 35.4 Å². The first-order valence-corrected chi connectivity index (χ1v) is 6.26. The molecule has 1 aromatic rings. The maximum Gasteiger partial charge on any atom is 0.313 e. The molecule has 3 rings (SSSR count). The molecule has 0 N–H and O–H groups in total. The summed E-state index contributed by atoms with van der Waals surface area (Å²) in [5.41, 5.74) is 1.32. The van der Waals surface area contributed by atoms with Crippen LogP contribution in [0.25, 0.3) is 0 Å². The van der Waals surface area contributed by atoms with Crippen molar-refractivity contribution in [2.45, 2.75) is 37.9 Å². The summed E-state index contributed by atoms with van der Waals surface area (Å²) >= 11 is 0. The van der Waals surface area contributed by atoms with Crippen LogP contribution < -0.4 is 0 Å². The molecule has 0 unspecified atom stereocenters. The summed E-state index contributed by atoms with van der Waals surface area (Å²) < 4.78 is 17.1. The quantitative estimate of drug-likeness (QED) is 0.822. The van der Waals surface area contributed by atoms with Gasteiger partial charge in [-0.1, -0.05) is 37.6 Å². The third kappa shape index (κ3) is 1.46. The maximum absolute atomic E-state index is 12.4. The first-order valence-electron chi connectivity index (χ1n) is 6.26. The fourth-order valence-corrected chi connectivity index (χ4v) is 2.70. The molecule has 2 aliphatic heterocycles. The van der Waals surface area contributed by atoms with E-state index >= 15 is 0 Å². The van der Waals surface area contributed by atoms with Crippen molar-refractivity contribution in [1.82, 2.24) is 0 Å². The fourth-order valence-electron chi connectivity index (χ4n) is 2.70. The molecule has 3 atom stereocenters. The number of carbonyl (C=O) groups excluding carboxylic acids is 1. The number of ether oxygens (including phenoxy) is 3. The van der Waals surface area contributed by atoms with E-state index in [0.717, 1.165) is 12.8 Å². The van der Waals surface area contributed by atoms with Gasteiger partial charge in [0.1, 0.15) is 0 Å². The second-order valence-electron chi connectivity index (χ2n) is 4.65. The van der Waals surface area contributed by atoms with Crippen LogP contribution in [-0.2, 0) is 20.2 Å². The van der Waals surface area contributed by atoms with Crippen molar-refractivity contribution in [1.29, 1.82) is 0 Å². The number of hydrogen-bond donors (Lipinski definition) is 0. The third-order valence-corrected chi connectivity index (χ3v) is 3.55. The molecule has 2 aliphatic rings. The number of hydrogen-bond acceptors (Lipinski definition) is 4. The minimum absolute atomic E-state index is 0.00535. The van der Waals surface area contributed by atoms with Crippen LogP contribution in [-0.4, -0.2) is 25.1 Å². The lowest BCUT2D eigenvalue weighted by atomic mass is 9.94. The van der Waals surface area contributed by atoms with Crippen molar-refractivity contribution in [2.75, 3.05) is 7.11 Å². The Balaban J connectivity index is 2.10. The van der Waals surface area contributed by atoms with E-state index in [1.165, 1.54) is 7.11 Å². The zero-order valence-electron chi connectivity index (χ0n) is 10.5. The van der Waals surface area contributed by atoms with E-state index in [1.54, 1.807) is 6.07 Å². The second-order valence-corrected chi connectivity index (χ2v) is 4.65. The summed E-state index contributed by atoms with van der Waals surface area (Å²) in [6.07, 6.45) is 0.957. The molecule has 0 amide bonds.